The zero-order valence-corrected chi connectivity index (χ0v) is 14.0. The molecule has 0 unspecified atom stereocenters. The first kappa shape index (κ1) is 16.8. The number of ether oxygens (including phenoxy) is 1. The fourth-order valence-electron chi connectivity index (χ4n) is 3.00. The molecule has 0 aliphatic carbocycles. The fourth-order valence-corrected chi connectivity index (χ4v) is 3.00. The highest BCUT2D eigenvalue weighted by Gasteiger charge is 2.22. The predicted octanol–water partition coefficient (Wildman–Crippen LogP) is 2.57. The topological polar surface area (TPSA) is 32.8 Å². The molecule has 4 heteroatoms. The van der Waals surface area contributed by atoms with Crippen LogP contribution in [0, 0.1) is 0 Å². The lowest BCUT2D eigenvalue weighted by molar-refractivity contribution is -0.131. The van der Waals surface area contributed by atoms with Crippen LogP contribution in [0.1, 0.15) is 31.2 Å². The van der Waals surface area contributed by atoms with Crippen LogP contribution >= 0.6 is 0 Å². The van der Waals surface area contributed by atoms with E-state index in [9.17, 15) is 4.79 Å². The van der Waals surface area contributed by atoms with Gasteiger partial charge in [-0.25, -0.2) is 0 Å². The van der Waals surface area contributed by atoms with Crippen molar-refractivity contribution in [3.8, 4) is 5.75 Å². The van der Waals surface area contributed by atoms with Crippen LogP contribution in [0.25, 0.3) is 0 Å². The Kier molecular flexibility index (Phi) is 6.25. The normalized spacial score (nSPS) is 19.1. The molecule has 1 atom stereocenters. The monoisotopic (exact) mass is 304 g/mol. The number of likely N-dealkylation sites (tertiary alicyclic amines) is 1. The molecule has 22 heavy (non-hydrogen) atoms. The van der Waals surface area contributed by atoms with Crippen molar-refractivity contribution in [1.29, 1.82) is 0 Å². The van der Waals surface area contributed by atoms with Crippen molar-refractivity contribution in [3.63, 3.8) is 0 Å². The second-order valence-electron chi connectivity index (χ2n) is 6.30. The highest BCUT2D eigenvalue weighted by molar-refractivity contribution is 5.76. The zero-order chi connectivity index (χ0) is 15.9. The summed E-state index contributed by atoms with van der Waals surface area (Å²) in [7, 11) is 5.88. The maximum atomic E-state index is 12.5. The lowest BCUT2D eigenvalue weighted by Crippen LogP contribution is -2.42. The van der Waals surface area contributed by atoms with Gasteiger partial charge in [-0.05, 0) is 51.1 Å². The van der Waals surface area contributed by atoms with Gasteiger partial charge in [0.15, 0.2) is 0 Å². The largest absolute Gasteiger partial charge is 0.497 e. The molecule has 122 valence electrons. The second kappa shape index (κ2) is 8.18. The average molecular weight is 304 g/mol. The van der Waals surface area contributed by atoms with E-state index in [0.29, 0.717) is 12.5 Å². The van der Waals surface area contributed by atoms with Gasteiger partial charge in [0, 0.05) is 25.6 Å². The van der Waals surface area contributed by atoms with Gasteiger partial charge in [0.1, 0.15) is 5.75 Å². The number of nitrogens with zero attached hydrogens (tertiary/aromatic N) is 2. The number of hydrogen-bond donors (Lipinski definition) is 0. The summed E-state index contributed by atoms with van der Waals surface area (Å²) in [5.41, 5.74) is 1.16. The number of carbonyl (C=O) groups excluding carboxylic acids is 1. The summed E-state index contributed by atoms with van der Waals surface area (Å²) in [4.78, 5) is 16.8. The van der Waals surface area contributed by atoms with Crippen LogP contribution < -0.4 is 4.74 Å². The number of carbonyl (C=O) groups is 1. The highest BCUT2D eigenvalue weighted by atomic mass is 16.5. The Bertz CT molecular complexity index is 488. The number of likely N-dealkylation sites (N-methyl/N-ethyl adjacent to an activating group) is 1. The summed E-state index contributed by atoms with van der Waals surface area (Å²) in [6, 6.07) is 8.47. The zero-order valence-electron chi connectivity index (χ0n) is 14.0. The first-order valence-electron chi connectivity index (χ1n) is 8.17. The number of rotatable bonds is 5. The third-order valence-electron chi connectivity index (χ3n) is 4.49. The SMILES string of the molecule is COc1cccc(CCC(=O)N2CCCC[C@H](N(C)C)C2)c1. The van der Waals surface area contributed by atoms with Gasteiger partial charge in [-0.15, -0.1) is 0 Å². The number of hydrogen-bond acceptors (Lipinski definition) is 3. The molecule has 2 rings (SSSR count). The van der Waals surface area contributed by atoms with Crippen LogP contribution in [0.4, 0.5) is 0 Å². The van der Waals surface area contributed by atoms with Crippen molar-refractivity contribution in [2.24, 2.45) is 0 Å². The molecule has 1 fully saturated rings. The van der Waals surface area contributed by atoms with E-state index in [1.165, 1.54) is 12.8 Å². The van der Waals surface area contributed by atoms with E-state index in [1.807, 2.05) is 18.2 Å². The molecular weight excluding hydrogens is 276 g/mol. The number of aryl methyl sites for hydroxylation is 1. The molecule has 1 aromatic rings. The van der Waals surface area contributed by atoms with Crippen molar-refractivity contribution in [2.75, 3.05) is 34.3 Å². The maximum Gasteiger partial charge on any atom is 0.222 e. The molecular formula is C18H28N2O2. The van der Waals surface area contributed by atoms with E-state index < -0.39 is 0 Å². The molecule has 0 aromatic heterocycles. The van der Waals surface area contributed by atoms with Crippen LogP contribution in [0.5, 0.6) is 5.75 Å². The van der Waals surface area contributed by atoms with Crippen LogP contribution in [-0.4, -0.2) is 56.0 Å². The van der Waals surface area contributed by atoms with E-state index in [-0.39, 0.29) is 5.91 Å². The Morgan fingerprint density at radius 3 is 2.91 bits per heavy atom. The van der Waals surface area contributed by atoms with Gasteiger partial charge in [0.2, 0.25) is 5.91 Å². The van der Waals surface area contributed by atoms with Gasteiger partial charge in [-0.1, -0.05) is 18.6 Å². The highest BCUT2D eigenvalue weighted by Crippen LogP contribution is 2.17. The van der Waals surface area contributed by atoms with Crippen molar-refractivity contribution in [2.45, 2.75) is 38.1 Å². The van der Waals surface area contributed by atoms with Crippen molar-refractivity contribution >= 4 is 5.91 Å². The molecule has 1 amide bonds. The smallest absolute Gasteiger partial charge is 0.222 e. The Balaban J connectivity index is 1.90. The summed E-state index contributed by atoms with van der Waals surface area (Å²) in [5, 5.41) is 0. The average Bonchev–Trinajstić information content (AvgIpc) is 2.79. The molecule has 1 saturated heterocycles. The van der Waals surface area contributed by atoms with Crippen LogP contribution in [-0.2, 0) is 11.2 Å². The predicted molar refractivity (Wildman–Crippen MR) is 89.2 cm³/mol. The number of amides is 1. The van der Waals surface area contributed by atoms with Gasteiger partial charge in [0.05, 0.1) is 7.11 Å². The van der Waals surface area contributed by atoms with E-state index in [1.54, 1.807) is 7.11 Å². The standard InChI is InChI=1S/C18H28N2O2/c1-19(2)16-8-4-5-12-20(14-16)18(21)11-10-15-7-6-9-17(13-15)22-3/h6-7,9,13,16H,4-5,8,10-12,14H2,1-3H3/t16-/m0/s1. The van der Waals surface area contributed by atoms with Gasteiger partial charge >= 0.3 is 0 Å². The lowest BCUT2D eigenvalue weighted by Gasteiger charge is -2.28. The first-order chi connectivity index (χ1) is 10.6. The molecule has 1 aromatic carbocycles. The summed E-state index contributed by atoms with van der Waals surface area (Å²) < 4.78 is 5.23. The summed E-state index contributed by atoms with van der Waals surface area (Å²) in [5.74, 6) is 1.13. The molecule has 0 bridgehead atoms. The third kappa shape index (κ3) is 4.73. The Morgan fingerprint density at radius 2 is 2.18 bits per heavy atom. The minimum Gasteiger partial charge on any atom is -0.497 e. The van der Waals surface area contributed by atoms with E-state index in [0.717, 1.165) is 37.2 Å². The van der Waals surface area contributed by atoms with Gasteiger partial charge in [-0.3, -0.25) is 4.79 Å². The summed E-state index contributed by atoms with van der Waals surface area (Å²) in [6.07, 6.45) is 4.87. The Morgan fingerprint density at radius 1 is 1.36 bits per heavy atom. The first-order valence-corrected chi connectivity index (χ1v) is 8.17. The van der Waals surface area contributed by atoms with Crippen LogP contribution in [0.3, 0.4) is 0 Å². The number of methoxy groups -OCH3 is 1. The minimum atomic E-state index is 0.275. The van der Waals surface area contributed by atoms with Crippen molar-refractivity contribution in [3.05, 3.63) is 29.8 Å². The quantitative estimate of drug-likeness (QED) is 0.838. The van der Waals surface area contributed by atoms with Gasteiger partial charge < -0.3 is 14.5 Å². The number of benzene rings is 1. The van der Waals surface area contributed by atoms with Crippen LogP contribution in [0.2, 0.25) is 0 Å². The van der Waals surface area contributed by atoms with Gasteiger partial charge in [-0.2, -0.15) is 0 Å². The third-order valence-corrected chi connectivity index (χ3v) is 4.49. The Labute approximate surface area is 134 Å². The maximum absolute atomic E-state index is 12.5. The van der Waals surface area contributed by atoms with Crippen LogP contribution in [0.15, 0.2) is 24.3 Å². The fraction of sp³-hybridized carbons (Fsp3) is 0.611. The molecule has 4 nitrogen and oxygen atoms in total. The Hall–Kier alpha value is -1.55. The van der Waals surface area contributed by atoms with E-state index in [2.05, 4.69) is 30.0 Å². The molecule has 0 spiro atoms. The molecule has 0 saturated carbocycles. The van der Waals surface area contributed by atoms with E-state index >= 15 is 0 Å². The van der Waals surface area contributed by atoms with Crippen molar-refractivity contribution in [1.82, 2.24) is 9.80 Å². The summed E-state index contributed by atoms with van der Waals surface area (Å²) in [6.45, 7) is 1.77. The molecule has 0 radical (unpaired) electrons. The summed E-state index contributed by atoms with van der Waals surface area (Å²) >= 11 is 0. The molecule has 0 N–H and O–H groups in total. The van der Waals surface area contributed by atoms with Crippen molar-refractivity contribution < 1.29 is 9.53 Å². The molecule has 1 heterocycles. The molecule has 1 aliphatic rings. The van der Waals surface area contributed by atoms with Gasteiger partial charge in [0.25, 0.3) is 0 Å². The molecule has 1 aliphatic heterocycles. The lowest BCUT2D eigenvalue weighted by atomic mass is 10.1. The van der Waals surface area contributed by atoms with E-state index in [4.69, 9.17) is 4.74 Å². The second-order valence-corrected chi connectivity index (χ2v) is 6.30. The minimum absolute atomic E-state index is 0.275.